The van der Waals surface area contributed by atoms with Crippen molar-refractivity contribution in [2.75, 3.05) is 13.7 Å². The van der Waals surface area contributed by atoms with Crippen molar-refractivity contribution in [3.8, 4) is 17.2 Å². The maximum atomic E-state index is 12.0. The fourth-order valence-corrected chi connectivity index (χ4v) is 3.38. The van der Waals surface area contributed by atoms with Crippen LogP contribution in [0.2, 0.25) is 0 Å². The standard InChI is InChI=1S/C25H29NO5/c1-5-18-14-21(13-12-20(18)15-23(29-6-2)25(27)28-4)30-16-22-17(3)31-24(26-22)19-10-8-7-9-11-19/h7-14,23H,5-6,15-16H2,1-4H3/t23-/m0/s1. The quantitative estimate of drug-likeness (QED) is 0.432. The highest BCUT2D eigenvalue weighted by Crippen LogP contribution is 2.24. The number of carbonyl (C=O) groups is 1. The third kappa shape index (κ3) is 5.73. The van der Waals surface area contributed by atoms with E-state index in [0.717, 1.165) is 40.3 Å². The predicted molar refractivity (Wildman–Crippen MR) is 118 cm³/mol. The van der Waals surface area contributed by atoms with Crippen LogP contribution in [0.25, 0.3) is 11.5 Å². The molecule has 1 aromatic heterocycles. The number of carbonyl (C=O) groups excluding carboxylic acids is 1. The largest absolute Gasteiger partial charge is 0.487 e. The minimum absolute atomic E-state index is 0.314. The number of ether oxygens (including phenoxy) is 3. The molecule has 0 bridgehead atoms. The molecule has 0 unspecified atom stereocenters. The van der Waals surface area contributed by atoms with Gasteiger partial charge in [0.1, 0.15) is 23.8 Å². The summed E-state index contributed by atoms with van der Waals surface area (Å²) in [5.41, 5.74) is 3.85. The van der Waals surface area contributed by atoms with Gasteiger partial charge in [-0.25, -0.2) is 9.78 Å². The second-order valence-corrected chi connectivity index (χ2v) is 7.13. The SMILES string of the molecule is CCO[C@@H](Cc1ccc(OCc2nc(-c3ccccc3)oc2C)cc1CC)C(=O)OC. The zero-order chi connectivity index (χ0) is 22.2. The van der Waals surface area contributed by atoms with Crippen LogP contribution in [0.15, 0.2) is 52.9 Å². The van der Waals surface area contributed by atoms with Gasteiger partial charge in [0.2, 0.25) is 5.89 Å². The number of hydrogen-bond donors (Lipinski definition) is 0. The van der Waals surface area contributed by atoms with Crippen LogP contribution in [0.5, 0.6) is 5.75 Å². The molecule has 1 heterocycles. The van der Waals surface area contributed by atoms with Crippen molar-refractivity contribution >= 4 is 5.97 Å². The fourth-order valence-electron chi connectivity index (χ4n) is 3.38. The lowest BCUT2D eigenvalue weighted by Gasteiger charge is -2.17. The summed E-state index contributed by atoms with van der Waals surface area (Å²) in [6, 6.07) is 15.7. The van der Waals surface area contributed by atoms with Gasteiger partial charge in [0.05, 0.1) is 7.11 Å². The molecule has 0 aliphatic rings. The first-order chi connectivity index (χ1) is 15.0. The van der Waals surface area contributed by atoms with E-state index in [1.807, 2.05) is 62.4 Å². The van der Waals surface area contributed by atoms with E-state index in [1.54, 1.807) is 0 Å². The number of benzene rings is 2. The Bertz CT molecular complexity index is 996. The number of esters is 1. The summed E-state index contributed by atoms with van der Waals surface area (Å²) in [6.45, 7) is 6.59. The molecule has 0 radical (unpaired) electrons. The van der Waals surface area contributed by atoms with Crippen LogP contribution in [-0.2, 0) is 33.7 Å². The van der Waals surface area contributed by atoms with Crippen LogP contribution < -0.4 is 4.74 Å². The van der Waals surface area contributed by atoms with Crippen LogP contribution in [-0.4, -0.2) is 30.8 Å². The van der Waals surface area contributed by atoms with E-state index in [0.29, 0.717) is 25.5 Å². The minimum Gasteiger partial charge on any atom is -0.487 e. The molecule has 0 fully saturated rings. The highest BCUT2D eigenvalue weighted by atomic mass is 16.6. The molecular formula is C25H29NO5. The van der Waals surface area contributed by atoms with Crippen molar-refractivity contribution in [1.82, 2.24) is 4.98 Å². The number of methoxy groups -OCH3 is 1. The second kappa shape index (κ2) is 10.8. The lowest BCUT2D eigenvalue weighted by atomic mass is 9.99. The van der Waals surface area contributed by atoms with Crippen LogP contribution in [0, 0.1) is 6.92 Å². The van der Waals surface area contributed by atoms with Crippen molar-refractivity contribution < 1.29 is 23.4 Å². The van der Waals surface area contributed by atoms with Gasteiger partial charge in [-0.1, -0.05) is 31.2 Å². The minimum atomic E-state index is -0.610. The number of rotatable bonds is 10. The van der Waals surface area contributed by atoms with Crippen LogP contribution in [0.1, 0.15) is 36.4 Å². The maximum Gasteiger partial charge on any atom is 0.335 e. The van der Waals surface area contributed by atoms with E-state index in [1.165, 1.54) is 7.11 Å². The Morgan fingerprint density at radius 1 is 1.10 bits per heavy atom. The van der Waals surface area contributed by atoms with Gasteiger partial charge in [0, 0.05) is 18.6 Å². The third-order valence-corrected chi connectivity index (χ3v) is 5.08. The van der Waals surface area contributed by atoms with E-state index < -0.39 is 6.10 Å². The molecule has 2 aromatic carbocycles. The summed E-state index contributed by atoms with van der Waals surface area (Å²) in [7, 11) is 1.38. The summed E-state index contributed by atoms with van der Waals surface area (Å²) in [4.78, 5) is 16.6. The number of aryl methyl sites for hydroxylation is 2. The average molecular weight is 424 g/mol. The molecule has 0 N–H and O–H groups in total. The normalized spacial score (nSPS) is 11.9. The van der Waals surface area contributed by atoms with Gasteiger partial charge in [-0.15, -0.1) is 0 Å². The Kier molecular flexibility index (Phi) is 7.84. The Morgan fingerprint density at radius 3 is 2.55 bits per heavy atom. The molecule has 6 nitrogen and oxygen atoms in total. The third-order valence-electron chi connectivity index (χ3n) is 5.08. The number of nitrogens with zero attached hydrogens (tertiary/aromatic N) is 1. The van der Waals surface area contributed by atoms with Gasteiger partial charge in [-0.05, 0) is 55.7 Å². The molecule has 0 amide bonds. The van der Waals surface area contributed by atoms with Crippen LogP contribution in [0.4, 0.5) is 0 Å². The Morgan fingerprint density at radius 2 is 1.87 bits per heavy atom. The molecule has 164 valence electrons. The van der Waals surface area contributed by atoms with E-state index in [9.17, 15) is 4.79 Å². The molecular weight excluding hydrogens is 394 g/mol. The van der Waals surface area contributed by atoms with E-state index >= 15 is 0 Å². The van der Waals surface area contributed by atoms with Crippen LogP contribution >= 0.6 is 0 Å². The zero-order valence-corrected chi connectivity index (χ0v) is 18.5. The lowest BCUT2D eigenvalue weighted by Crippen LogP contribution is -2.28. The van der Waals surface area contributed by atoms with Crippen LogP contribution in [0.3, 0.4) is 0 Å². The topological polar surface area (TPSA) is 70.8 Å². The first-order valence-electron chi connectivity index (χ1n) is 10.5. The second-order valence-electron chi connectivity index (χ2n) is 7.13. The van der Waals surface area contributed by atoms with Crippen molar-refractivity contribution in [2.24, 2.45) is 0 Å². The molecule has 0 saturated carbocycles. The molecule has 0 saturated heterocycles. The molecule has 0 aliphatic carbocycles. The van der Waals surface area contributed by atoms with Crippen molar-refractivity contribution in [1.29, 1.82) is 0 Å². The number of oxazole rings is 1. The molecule has 6 heteroatoms. The monoisotopic (exact) mass is 423 g/mol. The average Bonchev–Trinajstić information content (AvgIpc) is 3.18. The molecule has 31 heavy (non-hydrogen) atoms. The summed E-state index contributed by atoms with van der Waals surface area (Å²) in [5, 5.41) is 0. The Labute approximate surface area is 183 Å². The van der Waals surface area contributed by atoms with Crippen molar-refractivity contribution in [3.05, 3.63) is 71.1 Å². The van der Waals surface area contributed by atoms with E-state index in [2.05, 4.69) is 11.9 Å². The zero-order valence-electron chi connectivity index (χ0n) is 18.5. The summed E-state index contributed by atoms with van der Waals surface area (Å²) in [5.74, 6) is 1.71. The lowest BCUT2D eigenvalue weighted by molar-refractivity contribution is -0.153. The predicted octanol–water partition coefficient (Wildman–Crippen LogP) is 4.91. The van der Waals surface area contributed by atoms with Gasteiger partial charge in [0.25, 0.3) is 0 Å². The van der Waals surface area contributed by atoms with Gasteiger partial charge in [-0.2, -0.15) is 0 Å². The first kappa shape index (κ1) is 22.6. The maximum absolute atomic E-state index is 12.0. The Hall–Kier alpha value is -3.12. The smallest absolute Gasteiger partial charge is 0.335 e. The van der Waals surface area contributed by atoms with Gasteiger partial charge < -0.3 is 18.6 Å². The highest BCUT2D eigenvalue weighted by molar-refractivity contribution is 5.75. The first-order valence-corrected chi connectivity index (χ1v) is 10.5. The molecule has 3 aromatic rings. The molecule has 1 atom stereocenters. The number of aromatic nitrogens is 1. The molecule has 0 aliphatic heterocycles. The summed E-state index contributed by atoms with van der Waals surface area (Å²) >= 11 is 0. The fraction of sp³-hybridized carbons (Fsp3) is 0.360. The number of hydrogen-bond acceptors (Lipinski definition) is 6. The van der Waals surface area contributed by atoms with Crippen molar-refractivity contribution in [2.45, 2.75) is 46.3 Å². The molecule has 3 rings (SSSR count). The Balaban J connectivity index is 1.70. The van der Waals surface area contributed by atoms with Gasteiger partial charge >= 0.3 is 5.97 Å². The van der Waals surface area contributed by atoms with Gasteiger partial charge in [-0.3, -0.25) is 0 Å². The van der Waals surface area contributed by atoms with Gasteiger partial charge in [0.15, 0.2) is 6.10 Å². The van der Waals surface area contributed by atoms with E-state index in [4.69, 9.17) is 18.6 Å². The summed E-state index contributed by atoms with van der Waals surface area (Å²) < 4.78 is 22.2. The van der Waals surface area contributed by atoms with Crippen molar-refractivity contribution in [3.63, 3.8) is 0 Å². The van der Waals surface area contributed by atoms with E-state index in [-0.39, 0.29) is 5.97 Å². The molecule has 0 spiro atoms. The summed E-state index contributed by atoms with van der Waals surface area (Å²) in [6.07, 6.45) is 0.668. The highest BCUT2D eigenvalue weighted by Gasteiger charge is 2.21.